The van der Waals surface area contributed by atoms with Gasteiger partial charge in [-0.05, 0) is 47.0 Å². The number of hydrogen-bond donors (Lipinski definition) is 2. The topological polar surface area (TPSA) is 78.7 Å². The summed E-state index contributed by atoms with van der Waals surface area (Å²) in [6.07, 6.45) is 6.75. The van der Waals surface area contributed by atoms with Gasteiger partial charge in [0.15, 0.2) is 0 Å². The standard InChI is InChI=1S/C15H26BN3O3/c1-14(2,20)15(3,4)22-16(21)12-10-17-13(18-11-12)19-8-6-5-7-9-19/h10-11,20-21H,5-9H2,1-4H3. The minimum atomic E-state index is -1.17. The van der Waals surface area contributed by atoms with Gasteiger partial charge in [-0.25, -0.2) is 9.97 Å². The average molecular weight is 307 g/mol. The van der Waals surface area contributed by atoms with Gasteiger partial charge in [-0.15, -0.1) is 0 Å². The predicted molar refractivity (Wildman–Crippen MR) is 87.2 cm³/mol. The van der Waals surface area contributed by atoms with E-state index in [9.17, 15) is 10.1 Å². The molecule has 2 rings (SSSR count). The van der Waals surface area contributed by atoms with E-state index in [0.29, 0.717) is 11.4 Å². The fraction of sp³-hybridized carbons (Fsp3) is 0.733. The van der Waals surface area contributed by atoms with Crippen molar-refractivity contribution < 1.29 is 14.8 Å². The largest absolute Gasteiger partial charge is 0.494 e. The van der Waals surface area contributed by atoms with E-state index < -0.39 is 18.3 Å². The SMILES string of the molecule is CC(C)(O)C(C)(C)OB(O)c1cnc(N2CCCCC2)nc1. The number of anilines is 1. The van der Waals surface area contributed by atoms with E-state index in [1.54, 1.807) is 40.1 Å². The van der Waals surface area contributed by atoms with E-state index in [2.05, 4.69) is 14.9 Å². The average Bonchev–Trinajstić information content (AvgIpc) is 2.47. The van der Waals surface area contributed by atoms with E-state index >= 15 is 0 Å². The van der Waals surface area contributed by atoms with Gasteiger partial charge in [-0.2, -0.15) is 0 Å². The molecule has 122 valence electrons. The lowest BCUT2D eigenvalue weighted by Crippen LogP contribution is -2.53. The molecule has 0 unspecified atom stereocenters. The molecule has 2 N–H and O–H groups in total. The van der Waals surface area contributed by atoms with Crippen LogP contribution in [-0.4, -0.2) is 51.5 Å². The summed E-state index contributed by atoms with van der Waals surface area (Å²) < 4.78 is 5.59. The van der Waals surface area contributed by atoms with Crippen LogP contribution < -0.4 is 10.4 Å². The Labute approximate surface area is 132 Å². The van der Waals surface area contributed by atoms with Gasteiger partial charge >= 0.3 is 7.12 Å². The van der Waals surface area contributed by atoms with Crippen LogP contribution in [0.5, 0.6) is 0 Å². The van der Waals surface area contributed by atoms with Crippen molar-refractivity contribution in [2.45, 2.75) is 58.2 Å². The van der Waals surface area contributed by atoms with Gasteiger partial charge in [0.2, 0.25) is 5.95 Å². The third-order valence-corrected chi connectivity index (χ3v) is 4.46. The molecule has 1 saturated heterocycles. The highest BCUT2D eigenvalue weighted by Crippen LogP contribution is 2.25. The summed E-state index contributed by atoms with van der Waals surface area (Å²) in [5.41, 5.74) is -1.50. The summed E-state index contributed by atoms with van der Waals surface area (Å²) in [6.45, 7) is 8.72. The summed E-state index contributed by atoms with van der Waals surface area (Å²) in [4.78, 5) is 10.8. The van der Waals surface area contributed by atoms with Crippen molar-refractivity contribution >= 4 is 18.5 Å². The van der Waals surface area contributed by atoms with E-state index in [4.69, 9.17) is 4.65 Å². The molecule has 1 aliphatic heterocycles. The quantitative estimate of drug-likeness (QED) is 0.781. The van der Waals surface area contributed by atoms with Gasteiger partial charge in [0.25, 0.3) is 0 Å². The van der Waals surface area contributed by atoms with Crippen LogP contribution in [0.3, 0.4) is 0 Å². The molecular formula is C15H26BN3O3. The molecule has 0 amide bonds. The fourth-order valence-electron chi connectivity index (χ4n) is 2.21. The molecular weight excluding hydrogens is 281 g/mol. The van der Waals surface area contributed by atoms with E-state index in [1.807, 2.05) is 0 Å². The Morgan fingerprint density at radius 3 is 2.14 bits per heavy atom. The monoisotopic (exact) mass is 307 g/mol. The number of rotatable bonds is 5. The Morgan fingerprint density at radius 1 is 1.09 bits per heavy atom. The third kappa shape index (κ3) is 3.97. The van der Waals surface area contributed by atoms with Crippen molar-refractivity contribution in [3.8, 4) is 0 Å². The molecule has 1 fully saturated rings. The van der Waals surface area contributed by atoms with Crippen LogP contribution in [-0.2, 0) is 4.65 Å². The van der Waals surface area contributed by atoms with Gasteiger partial charge in [-0.1, -0.05) is 0 Å². The van der Waals surface area contributed by atoms with E-state index in [-0.39, 0.29) is 0 Å². The Bertz CT molecular complexity index is 482. The minimum absolute atomic E-state index is 0.484. The van der Waals surface area contributed by atoms with Crippen molar-refractivity contribution in [2.75, 3.05) is 18.0 Å². The van der Waals surface area contributed by atoms with Crippen molar-refractivity contribution in [1.29, 1.82) is 0 Å². The van der Waals surface area contributed by atoms with Crippen LogP contribution in [0.1, 0.15) is 47.0 Å². The normalized spacial score (nSPS) is 16.7. The highest BCUT2D eigenvalue weighted by atomic mass is 16.5. The van der Waals surface area contributed by atoms with Gasteiger partial charge < -0.3 is 19.7 Å². The first kappa shape index (κ1) is 17.2. The molecule has 0 atom stereocenters. The van der Waals surface area contributed by atoms with E-state index in [1.165, 1.54) is 6.42 Å². The maximum atomic E-state index is 10.2. The summed E-state index contributed by atoms with van der Waals surface area (Å²) in [5, 5.41) is 20.3. The molecule has 1 aromatic heterocycles. The molecule has 6 nitrogen and oxygen atoms in total. The second-order valence-electron chi connectivity index (χ2n) is 6.90. The van der Waals surface area contributed by atoms with Gasteiger partial charge in [0, 0.05) is 30.9 Å². The van der Waals surface area contributed by atoms with Gasteiger partial charge in [0.1, 0.15) is 0 Å². The lowest BCUT2D eigenvalue weighted by molar-refractivity contribution is -0.0982. The fourth-order valence-corrected chi connectivity index (χ4v) is 2.21. The molecule has 22 heavy (non-hydrogen) atoms. The van der Waals surface area contributed by atoms with Crippen LogP contribution in [0.15, 0.2) is 12.4 Å². The van der Waals surface area contributed by atoms with Crippen LogP contribution >= 0.6 is 0 Å². The lowest BCUT2D eigenvalue weighted by atomic mass is 9.78. The van der Waals surface area contributed by atoms with Crippen LogP contribution in [0, 0.1) is 0 Å². The number of piperidine rings is 1. The zero-order valence-corrected chi connectivity index (χ0v) is 13.9. The maximum Gasteiger partial charge on any atom is 0.494 e. The van der Waals surface area contributed by atoms with Crippen molar-refractivity contribution in [3.05, 3.63) is 12.4 Å². The van der Waals surface area contributed by atoms with Crippen molar-refractivity contribution in [3.63, 3.8) is 0 Å². The second kappa shape index (κ2) is 6.52. The summed E-state index contributed by atoms with van der Waals surface area (Å²) in [5.74, 6) is 0.692. The first-order valence-corrected chi connectivity index (χ1v) is 7.86. The predicted octanol–water partition coefficient (Wildman–Crippen LogP) is 0.720. The number of aromatic nitrogens is 2. The van der Waals surface area contributed by atoms with E-state index in [0.717, 1.165) is 25.9 Å². The molecule has 1 aromatic rings. The smallest absolute Gasteiger partial charge is 0.423 e. The van der Waals surface area contributed by atoms with Gasteiger partial charge in [-0.3, -0.25) is 0 Å². The minimum Gasteiger partial charge on any atom is -0.423 e. The molecule has 2 heterocycles. The Balaban J connectivity index is 2.03. The first-order valence-electron chi connectivity index (χ1n) is 7.86. The lowest BCUT2D eigenvalue weighted by Gasteiger charge is -2.38. The maximum absolute atomic E-state index is 10.2. The molecule has 7 heteroatoms. The summed E-state index contributed by atoms with van der Waals surface area (Å²) in [6, 6.07) is 0. The van der Waals surface area contributed by atoms with Gasteiger partial charge in [0.05, 0.1) is 11.2 Å². The number of hydrogen-bond acceptors (Lipinski definition) is 6. The van der Waals surface area contributed by atoms with Crippen LogP contribution in [0.25, 0.3) is 0 Å². The zero-order chi connectivity index (χ0) is 16.4. The van der Waals surface area contributed by atoms with Crippen molar-refractivity contribution in [1.82, 2.24) is 9.97 Å². The molecule has 1 aliphatic rings. The second-order valence-corrected chi connectivity index (χ2v) is 6.90. The highest BCUT2D eigenvalue weighted by molar-refractivity contribution is 6.59. The molecule has 0 radical (unpaired) electrons. The third-order valence-electron chi connectivity index (χ3n) is 4.46. The molecule has 0 saturated carbocycles. The molecule has 0 bridgehead atoms. The number of nitrogens with zero attached hydrogens (tertiary/aromatic N) is 3. The highest BCUT2D eigenvalue weighted by Gasteiger charge is 2.39. The summed E-state index contributed by atoms with van der Waals surface area (Å²) >= 11 is 0. The Hall–Kier alpha value is -1.18. The van der Waals surface area contributed by atoms with Crippen LogP contribution in [0.4, 0.5) is 5.95 Å². The first-order chi connectivity index (χ1) is 10.2. The summed E-state index contributed by atoms with van der Waals surface area (Å²) in [7, 11) is -1.17. The molecule has 0 aromatic carbocycles. The number of aliphatic hydroxyl groups is 1. The van der Waals surface area contributed by atoms with Crippen LogP contribution in [0.2, 0.25) is 0 Å². The molecule has 0 spiro atoms. The Kier molecular flexibility index (Phi) is 5.09. The Morgan fingerprint density at radius 2 is 1.64 bits per heavy atom. The zero-order valence-electron chi connectivity index (χ0n) is 13.9. The van der Waals surface area contributed by atoms with Crippen molar-refractivity contribution in [2.24, 2.45) is 0 Å². The molecule has 0 aliphatic carbocycles.